The number of nitrogens with zero attached hydrogens (tertiary/aromatic N) is 3. The highest BCUT2D eigenvalue weighted by Crippen LogP contribution is 2.18. The number of aliphatic carboxylic acids is 1. The van der Waals surface area contributed by atoms with E-state index in [1.54, 1.807) is 6.07 Å². The van der Waals surface area contributed by atoms with Gasteiger partial charge in [0.1, 0.15) is 5.65 Å². The van der Waals surface area contributed by atoms with E-state index in [0.29, 0.717) is 18.1 Å². The zero-order chi connectivity index (χ0) is 15.6. The number of pyridine rings is 1. The lowest BCUT2D eigenvalue weighted by molar-refractivity contribution is -0.137. The molecule has 0 aliphatic rings. The van der Waals surface area contributed by atoms with Crippen LogP contribution in [0.15, 0.2) is 24.5 Å². The maximum Gasteiger partial charge on any atom is 0.304 e. The Hall–Kier alpha value is -1.59. The van der Waals surface area contributed by atoms with Crippen LogP contribution >= 0.6 is 11.6 Å². The number of rotatable bonds is 5. The molecule has 0 bridgehead atoms. The first-order valence-electron chi connectivity index (χ1n) is 6.86. The van der Waals surface area contributed by atoms with Crippen molar-refractivity contribution >= 4 is 23.2 Å². The molecule has 0 aliphatic heterocycles. The van der Waals surface area contributed by atoms with Crippen LogP contribution in [-0.2, 0) is 11.3 Å². The summed E-state index contributed by atoms with van der Waals surface area (Å²) < 4.78 is 1.88. The van der Waals surface area contributed by atoms with Gasteiger partial charge < -0.3 is 9.51 Å². The second-order valence-corrected chi connectivity index (χ2v) is 6.52. The molecule has 114 valence electrons. The van der Waals surface area contributed by atoms with Crippen LogP contribution in [0.25, 0.3) is 5.65 Å². The van der Waals surface area contributed by atoms with E-state index in [1.165, 1.54) is 0 Å². The van der Waals surface area contributed by atoms with E-state index in [9.17, 15) is 4.79 Å². The highest BCUT2D eigenvalue weighted by molar-refractivity contribution is 6.30. The number of aromatic nitrogens is 2. The third-order valence-electron chi connectivity index (χ3n) is 3.36. The van der Waals surface area contributed by atoms with E-state index in [4.69, 9.17) is 16.7 Å². The molecule has 2 aromatic rings. The molecule has 0 fully saturated rings. The SMILES string of the molecule is CC(C)(C)N(CCC(=O)O)Cc1cn2cc(Cl)ccc2n1. The van der Waals surface area contributed by atoms with Crippen LogP contribution in [0.4, 0.5) is 0 Å². The summed E-state index contributed by atoms with van der Waals surface area (Å²) in [5.41, 5.74) is 1.61. The average Bonchev–Trinajstić information content (AvgIpc) is 2.74. The predicted molar refractivity (Wildman–Crippen MR) is 82.6 cm³/mol. The molecule has 0 saturated heterocycles. The molecule has 6 heteroatoms. The molecule has 5 nitrogen and oxygen atoms in total. The Morgan fingerprint density at radius 2 is 2.10 bits per heavy atom. The van der Waals surface area contributed by atoms with Gasteiger partial charge in [-0.2, -0.15) is 0 Å². The van der Waals surface area contributed by atoms with Crippen LogP contribution in [0.1, 0.15) is 32.9 Å². The van der Waals surface area contributed by atoms with Gasteiger partial charge >= 0.3 is 5.97 Å². The molecule has 0 radical (unpaired) electrons. The van der Waals surface area contributed by atoms with Gasteiger partial charge in [-0.3, -0.25) is 9.69 Å². The zero-order valence-corrected chi connectivity index (χ0v) is 13.3. The molecule has 0 aromatic carbocycles. The fraction of sp³-hybridized carbons (Fsp3) is 0.467. The van der Waals surface area contributed by atoms with Gasteiger partial charge in [0.2, 0.25) is 0 Å². The summed E-state index contributed by atoms with van der Waals surface area (Å²) in [6.07, 6.45) is 3.86. The highest BCUT2D eigenvalue weighted by atomic mass is 35.5. The van der Waals surface area contributed by atoms with E-state index in [1.807, 2.05) is 22.9 Å². The normalized spacial score (nSPS) is 12.2. The largest absolute Gasteiger partial charge is 0.481 e. The lowest BCUT2D eigenvalue weighted by Gasteiger charge is -2.34. The van der Waals surface area contributed by atoms with Gasteiger partial charge in [-0.15, -0.1) is 0 Å². The molecule has 0 saturated carbocycles. The minimum absolute atomic E-state index is 0.121. The van der Waals surface area contributed by atoms with E-state index < -0.39 is 5.97 Å². The quantitative estimate of drug-likeness (QED) is 0.922. The highest BCUT2D eigenvalue weighted by Gasteiger charge is 2.23. The Morgan fingerprint density at radius 3 is 2.71 bits per heavy atom. The molecule has 0 spiro atoms. The van der Waals surface area contributed by atoms with Crippen molar-refractivity contribution in [3.05, 3.63) is 35.2 Å². The number of imidazole rings is 1. The minimum Gasteiger partial charge on any atom is -0.481 e. The molecule has 2 aromatic heterocycles. The van der Waals surface area contributed by atoms with E-state index in [2.05, 4.69) is 30.7 Å². The molecule has 1 N–H and O–H groups in total. The summed E-state index contributed by atoms with van der Waals surface area (Å²) in [5.74, 6) is -0.786. The fourth-order valence-electron chi connectivity index (χ4n) is 2.17. The van der Waals surface area contributed by atoms with Gasteiger partial charge in [0.05, 0.1) is 17.1 Å². The maximum absolute atomic E-state index is 10.8. The van der Waals surface area contributed by atoms with Crippen molar-refractivity contribution in [1.29, 1.82) is 0 Å². The zero-order valence-electron chi connectivity index (χ0n) is 12.5. The van der Waals surface area contributed by atoms with Gasteiger partial charge in [-0.05, 0) is 32.9 Å². The second kappa shape index (κ2) is 6.03. The molecule has 0 atom stereocenters. The summed E-state index contributed by atoms with van der Waals surface area (Å²) in [5, 5.41) is 9.54. The third-order valence-corrected chi connectivity index (χ3v) is 3.59. The van der Waals surface area contributed by atoms with Crippen molar-refractivity contribution in [3.63, 3.8) is 0 Å². The number of carboxylic acid groups (broad SMARTS) is 1. The molecule has 0 unspecified atom stereocenters. The number of carbonyl (C=O) groups is 1. The van der Waals surface area contributed by atoms with Crippen LogP contribution in [-0.4, -0.2) is 37.4 Å². The first-order chi connectivity index (χ1) is 9.75. The van der Waals surface area contributed by atoms with Crippen LogP contribution in [0.2, 0.25) is 5.02 Å². The monoisotopic (exact) mass is 309 g/mol. The van der Waals surface area contributed by atoms with Crippen LogP contribution in [0, 0.1) is 0 Å². The summed E-state index contributed by atoms with van der Waals surface area (Å²) in [4.78, 5) is 17.5. The topological polar surface area (TPSA) is 57.8 Å². The lowest BCUT2D eigenvalue weighted by atomic mass is 10.1. The third kappa shape index (κ3) is 4.19. The van der Waals surface area contributed by atoms with Crippen LogP contribution in [0.3, 0.4) is 0 Å². The summed E-state index contributed by atoms with van der Waals surface area (Å²) in [6, 6.07) is 3.67. The Kier molecular flexibility index (Phi) is 4.54. The second-order valence-electron chi connectivity index (χ2n) is 6.08. The number of fused-ring (bicyclic) bond motifs is 1. The van der Waals surface area contributed by atoms with Crippen LogP contribution in [0.5, 0.6) is 0 Å². The van der Waals surface area contributed by atoms with Gasteiger partial charge in [-0.25, -0.2) is 4.98 Å². The van der Waals surface area contributed by atoms with Crippen LogP contribution < -0.4 is 0 Å². The van der Waals surface area contributed by atoms with Crippen molar-refractivity contribution in [1.82, 2.24) is 14.3 Å². The molecule has 21 heavy (non-hydrogen) atoms. The van der Waals surface area contributed by atoms with Gasteiger partial charge in [0.15, 0.2) is 0 Å². The molecule has 0 amide bonds. The molecule has 2 heterocycles. The predicted octanol–water partition coefficient (Wildman–Crippen LogP) is 3.06. The molecular weight excluding hydrogens is 290 g/mol. The average molecular weight is 310 g/mol. The Bertz CT molecular complexity index is 646. The fourth-order valence-corrected chi connectivity index (χ4v) is 2.34. The van der Waals surface area contributed by atoms with E-state index in [0.717, 1.165) is 11.3 Å². The van der Waals surface area contributed by atoms with Crippen molar-refractivity contribution in [2.24, 2.45) is 0 Å². The van der Waals surface area contributed by atoms with E-state index >= 15 is 0 Å². The number of carboxylic acids is 1. The standard InChI is InChI=1S/C15H20ClN3O2/c1-15(2,3)19(7-6-14(20)21)10-12-9-18-8-11(16)4-5-13(18)17-12/h4-5,8-9H,6-7,10H2,1-3H3,(H,20,21). The van der Waals surface area contributed by atoms with Crippen molar-refractivity contribution in [3.8, 4) is 0 Å². The Labute approximate surface area is 129 Å². The molecule has 2 rings (SSSR count). The number of hydrogen-bond donors (Lipinski definition) is 1. The minimum atomic E-state index is -0.786. The summed E-state index contributed by atoms with van der Waals surface area (Å²) in [6.45, 7) is 7.31. The smallest absolute Gasteiger partial charge is 0.304 e. The van der Waals surface area contributed by atoms with Gasteiger partial charge in [-0.1, -0.05) is 11.6 Å². The lowest BCUT2D eigenvalue weighted by Crippen LogP contribution is -2.42. The molecule has 0 aliphatic carbocycles. The Balaban J connectivity index is 2.19. The first-order valence-corrected chi connectivity index (χ1v) is 7.23. The maximum atomic E-state index is 10.8. The van der Waals surface area contributed by atoms with Crippen molar-refractivity contribution < 1.29 is 9.90 Å². The summed E-state index contributed by atoms with van der Waals surface area (Å²) >= 11 is 5.97. The van der Waals surface area contributed by atoms with E-state index in [-0.39, 0.29) is 12.0 Å². The first kappa shape index (κ1) is 15.8. The van der Waals surface area contributed by atoms with Crippen molar-refractivity contribution in [2.75, 3.05) is 6.54 Å². The van der Waals surface area contributed by atoms with Gasteiger partial charge in [0.25, 0.3) is 0 Å². The molecular formula is C15H20ClN3O2. The number of halogens is 1. The van der Waals surface area contributed by atoms with Gasteiger partial charge in [0, 0.05) is 31.0 Å². The number of hydrogen-bond acceptors (Lipinski definition) is 3. The van der Waals surface area contributed by atoms with Crippen molar-refractivity contribution in [2.45, 2.75) is 39.3 Å². The summed E-state index contributed by atoms with van der Waals surface area (Å²) in [7, 11) is 0. The Morgan fingerprint density at radius 1 is 1.38 bits per heavy atom.